The number of halogens is 2. The molecule has 0 fully saturated rings. The fourth-order valence-electron chi connectivity index (χ4n) is 1.69. The molecule has 0 aliphatic carbocycles. The second-order valence-electron chi connectivity index (χ2n) is 4.14. The van der Waals surface area contributed by atoms with Crippen LogP contribution in [0.25, 0.3) is 0 Å². The minimum Gasteiger partial charge on any atom is -0.495 e. The van der Waals surface area contributed by atoms with Crippen molar-refractivity contribution in [3.05, 3.63) is 46.7 Å². The number of rotatable bonds is 4. The molecule has 2 aromatic carbocycles. The summed E-state index contributed by atoms with van der Waals surface area (Å²) in [5.41, 5.74) is 5.75. The number of anilines is 2. The van der Waals surface area contributed by atoms with E-state index >= 15 is 0 Å². The zero-order valence-corrected chi connectivity index (χ0v) is 13.3. The monoisotopic (exact) mass is 374 g/mol. The maximum atomic E-state index is 13.8. The van der Waals surface area contributed by atoms with Crippen molar-refractivity contribution in [3.63, 3.8) is 0 Å². The van der Waals surface area contributed by atoms with E-state index in [1.807, 2.05) is 0 Å². The van der Waals surface area contributed by atoms with Gasteiger partial charge in [-0.3, -0.25) is 4.72 Å². The summed E-state index contributed by atoms with van der Waals surface area (Å²) in [6.07, 6.45) is 0. The van der Waals surface area contributed by atoms with Crippen LogP contribution >= 0.6 is 15.9 Å². The molecule has 0 bridgehead atoms. The normalized spacial score (nSPS) is 11.2. The number of nitrogens with two attached hydrogens (primary N) is 1. The summed E-state index contributed by atoms with van der Waals surface area (Å²) < 4.78 is 46.3. The van der Waals surface area contributed by atoms with Crippen LogP contribution < -0.4 is 15.2 Å². The fraction of sp³-hybridized carbons (Fsp3) is 0.0769. The summed E-state index contributed by atoms with van der Waals surface area (Å²) >= 11 is 3.23. The minimum atomic E-state index is -4.09. The van der Waals surface area contributed by atoms with E-state index in [1.54, 1.807) is 12.1 Å². The molecule has 0 saturated heterocycles. The molecule has 0 saturated carbocycles. The number of nitrogen functional groups attached to an aromatic ring is 1. The lowest BCUT2D eigenvalue weighted by Gasteiger charge is -2.12. The summed E-state index contributed by atoms with van der Waals surface area (Å²) in [7, 11) is -2.68. The third-order valence-corrected chi connectivity index (χ3v) is 4.54. The highest BCUT2D eigenvalue weighted by atomic mass is 79.9. The summed E-state index contributed by atoms with van der Waals surface area (Å²) in [6, 6.07) is 8.17. The summed E-state index contributed by atoms with van der Waals surface area (Å²) in [6.45, 7) is 0. The molecule has 112 valence electrons. The largest absolute Gasteiger partial charge is 0.495 e. The van der Waals surface area contributed by atoms with Gasteiger partial charge in [0.15, 0.2) is 0 Å². The molecule has 2 rings (SSSR count). The average Bonchev–Trinajstić information content (AvgIpc) is 2.37. The molecule has 0 unspecified atom stereocenters. The topological polar surface area (TPSA) is 81.4 Å². The van der Waals surface area contributed by atoms with Gasteiger partial charge in [0.05, 0.1) is 12.8 Å². The van der Waals surface area contributed by atoms with Gasteiger partial charge in [-0.1, -0.05) is 15.9 Å². The molecule has 5 nitrogen and oxygen atoms in total. The lowest BCUT2D eigenvalue weighted by atomic mass is 10.3. The van der Waals surface area contributed by atoms with Crippen LogP contribution in [0.4, 0.5) is 15.8 Å². The predicted octanol–water partition coefficient (Wildman–Crippen LogP) is 2.98. The van der Waals surface area contributed by atoms with Gasteiger partial charge in [-0.2, -0.15) is 0 Å². The van der Waals surface area contributed by atoms with Crippen LogP contribution in [0.5, 0.6) is 5.75 Å². The molecule has 8 heteroatoms. The summed E-state index contributed by atoms with van der Waals surface area (Å²) in [4.78, 5) is -0.487. The SMILES string of the molecule is COc1ccc(Br)cc1NS(=O)(=O)c1ccc(N)cc1F. The van der Waals surface area contributed by atoms with E-state index in [0.717, 1.165) is 12.1 Å². The third-order valence-electron chi connectivity index (χ3n) is 2.65. The first-order valence-corrected chi connectivity index (χ1v) is 8.02. The smallest absolute Gasteiger partial charge is 0.264 e. The molecule has 0 spiro atoms. The molecule has 0 radical (unpaired) electrons. The Balaban J connectivity index is 2.44. The molecule has 0 aliphatic rings. The van der Waals surface area contributed by atoms with Gasteiger partial charge >= 0.3 is 0 Å². The van der Waals surface area contributed by atoms with Crippen molar-refractivity contribution < 1.29 is 17.5 Å². The highest BCUT2D eigenvalue weighted by Crippen LogP contribution is 2.30. The van der Waals surface area contributed by atoms with E-state index in [-0.39, 0.29) is 11.4 Å². The first-order chi connectivity index (χ1) is 9.83. The Kier molecular flexibility index (Phi) is 4.38. The zero-order valence-electron chi connectivity index (χ0n) is 10.9. The summed E-state index contributed by atoms with van der Waals surface area (Å²) in [5.74, 6) is -0.603. The lowest BCUT2D eigenvalue weighted by molar-refractivity contribution is 0.417. The van der Waals surface area contributed by atoms with Crippen LogP contribution in [0, 0.1) is 5.82 Å². The van der Waals surface area contributed by atoms with Gasteiger partial charge in [-0.05, 0) is 36.4 Å². The van der Waals surface area contributed by atoms with Gasteiger partial charge in [-0.25, -0.2) is 12.8 Å². The van der Waals surface area contributed by atoms with Crippen molar-refractivity contribution >= 4 is 37.3 Å². The van der Waals surface area contributed by atoms with Crippen LogP contribution in [-0.4, -0.2) is 15.5 Å². The predicted molar refractivity (Wildman–Crippen MR) is 82.3 cm³/mol. The first-order valence-electron chi connectivity index (χ1n) is 5.75. The van der Waals surface area contributed by atoms with E-state index in [4.69, 9.17) is 10.5 Å². The number of hydrogen-bond donors (Lipinski definition) is 2. The zero-order chi connectivity index (χ0) is 15.6. The maximum Gasteiger partial charge on any atom is 0.264 e. The Morgan fingerprint density at radius 3 is 2.57 bits per heavy atom. The second-order valence-corrected chi connectivity index (χ2v) is 6.71. The van der Waals surface area contributed by atoms with Crippen LogP contribution in [0.1, 0.15) is 0 Å². The van der Waals surface area contributed by atoms with Gasteiger partial charge < -0.3 is 10.5 Å². The van der Waals surface area contributed by atoms with Crippen LogP contribution in [0.2, 0.25) is 0 Å². The van der Waals surface area contributed by atoms with E-state index in [2.05, 4.69) is 20.7 Å². The Bertz CT molecular complexity index is 781. The first kappa shape index (κ1) is 15.6. The van der Waals surface area contributed by atoms with Crippen molar-refractivity contribution in [3.8, 4) is 5.75 Å². The molecular formula is C13H12BrFN2O3S. The van der Waals surface area contributed by atoms with Crippen molar-refractivity contribution in [2.75, 3.05) is 17.6 Å². The van der Waals surface area contributed by atoms with E-state index in [0.29, 0.717) is 10.2 Å². The Morgan fingerprint density at radius 2 is 1.95 bits per heavy atom. The number of hydrogen-bond acceptors (Lipinski definition) is 4. The number of benzene rings is 2. The number of ether oxygens (including phenoxy) is 1. The van der Waals surface area contributed by atoms with Crippen molar-refractivity contribution in [1.82, 2.24) is 0 Å². The molecule has 0 aromatic heterocycles. The highest BCUT2D eigenvalue weighted by molar-refractivity contribution is 9.10. The Hall–Kier alpha value is -1.80. The number of nitrogens with one attached hydrogen (secondary N) is 1. The Labute approximate surface area is 130 Å². The van der Waals surface area contributed by atoms with E-state index in [9.17, 15) is 12.8 Å². The average molecular weight is 375 g/mol. The second kappa shape index (κ2) is 5.90. The maximum absolute atomic E-state index is 13.8. The quantitative estimate of drug-likeness (QED) is 0.806. The third kappa shape index (κ3) is 3.45. The van der Waals surface area contributed by atoms with Gasteiger partial charge in [0.2, 0.25) is 0 Å². The Morgan fingerprint density at radius 1 is 1.24 bits per heavy atom. The number of sulfonamides is 1. The van der Waals surface area contributed by atoms with E-state index < -0.39 is 20.7 Å². The molecule has 0 aliphatic heterocycles. The lowest BCUT2D eigenvalue weighted by Crippen LogP contribution is -2.15. The molecular weight excluding hydrogens is 363 g/mol. The molecule has 0 amide bonds. The van der Waals surface area contributed by atoms with Crippen LogP contribution in [0.15, 0.2) is 45.8 Å². The standard InChI is InChI=1S/C13H12BrFN2O3S/c1-20-12-4-2-8(14)6-11(12)17-21(18,19)13-5-3-9(16)7-10(13)15/h2-7,17H,16H2,1H3. The van der Waals surface area contributed by atoms with Gasteiger partial charge in [0, 0.05) is 10.2 Å². The number of methoxy groups -OCH3 is 1. The van der Waals surface area contributed by atoms with Crippen LogP contribution in [-0.2, 0) is 10.0 Å². The molecule has 3 N–H and O–H groups in total. The molecule has 21 heavy (non-hydrogen) atoms. The summed E-state index contributed by atoms with van der Waals surface area (Å²) in [5, 5.41) is 0. The minimum absolute atomic E-state index is 0.145. The van der Waals surface area contributed by atoms with Gasteiger partial charge in [0.1, 0.15) is 16.5 Å². The van der Waals surface area contributed by atoms with E-state index in [1.165, 1.54) is 19.2 Å². The van der Waals surface area contributed by atoms with Gasteiger partial charge in [0.25, 0.3) is 10.0 Å². The van der Waals surface area contributed by atoms with Crippen LogP contribution in [0.3, 0.4) is 0 Å². The molecule has 0 atom stereocenters. The molecule has 0 heterocycles. The molecule has 2 aromatic rings. The van der Waals surface area contributed by atoms with Crippen molar-refractivity contribution in [2.24, 2.45) is 0 Å². The highest BCUT2D eigenvalue weighted by Gasteiger charge is 2.21. The van der Waals surface area contributed by atoms with Crippen molar-refractivity contribution in [2.45, 2.75) is 4.90 Å². The van der Waals surface area contributed by atoms with Gasteiger partial charge in [-0.15, -0.1) is 0 Å². The fourth-order valence-corrected chi connectivity index (χ4v) is 3.18. The van der Waals surface area contributed by atoms with Crippen molar-refractivity contribution in [1.29, 1.82) is 0 Å².